The fourth-order valence-corrected chi connectivity index (χ4v) is 2.84. The van der Waals surface area contributed by atoms with Crippen LogP contribution in [0.5, 0.6) is 5.75 Å². The van der Waals surface area contributed by atoms with Crippen molar-refractivity contribution in [3.05, 3.63) is 29.8 Å². The molecule has 0 bridgehead atoms. The van der Waals surface area contributed by atoms with Crippen molar-refractivity contribution in [3.8, 4) is 5.75 Å². The highest BCUT2D eigenvalue weighted by atomic mass is 35.5. The lowest BCUT2D eigenvalue weighted by atomic mass is 9.87. The third kappa shape index (κ3) is 2.63. The van der Waals surface area contributed by atoms with Crippen molar-refractivity contribution in [2.45, 2.75) is 25.7 Å². The first-order valence-electron chi connectivity index (χ1n) is 6.61. The van der Waals surface area contributed by atoms with Crippen LogP contribution in [-0.4, -0.2) is 26.1 Å². The number of amides is 1. The van der Waals surface area contributed by atoms with E-state index in [-0.39, 0.29) is 23.7 Å². The normalized spacial score (nSPS) is 22.6. The van der Waals surface area contributed by atoms with Gasteiger partial charge in [0.05, 0.1) is 12.5 Å². The van der Waals surface area contributed by atoms with Crippen LogP contribution >= 0.6 is 12.4 Å². The fraction of sp³-hybridized carbons (Fsp3) is 0.533. The highest BCUT2D eigenvalue weighted by Crippen LogP contribution is 2.64. The summed E-state index contributed by atoms with van der Waals surface area (Å²) in [4.78, 5) is 12.5. The van der Waals surface area contributed by atoms with Gasteiger partial charge in [0, 0.05) is 13.1 Å². The van der Waals surface area contributed by atoms with Gasteiger partial charge in [0.15, 0.2) is 0 Å². The molecule has 1 amide bonds. The maximum Gasteiger partial charge on any atom is 0.231 e. The molecule has 2 rings (SSSR count). The number of carbonyl (C=O) groups is 1. The van der Waals surface area contributed by atoms with Crippen molar-refractivity contribution in [2.24, 2.45) is 11.1 Å². The quantitative estimate of drug-likeness (QED) is 0.872. The van der Waals surface area contributed by atoms with Crippen molar-refractivity contribution in [1.82, 2.24) is 5.32 Å². The summed E-state index contributed by atoms with van der Waals surface area (Å²) >= 11 is 0. The molecule has 1 atom stereocenters. The minimum absolute atomic E-state index is 0. The lowest BCUT2D eigenvalue weighted by Gasteiger charge is -2.20. The number of hydrogen-bond acceptors (Lipinski definition) is 3. The molecule has 0 radical (unpaired) electrons. The molecule has 1 unspecified atom stereocenters. The predicted octanol–water partition coefficient (Wildman–Crippen LogP) is 1.86. The van der Waals surface area contributed by atoms with E-state index in [2.05, 4.69) is 19.2 Å². The molecule has 20 heavy (non-hydrogen) atoms. The zero-order chi connectivity index (χ0) is 14.1. The Kier molecular flexibility index (Phi) is 5.05. The first-order chi connectivity index (χ1) is 8.98. The molecule has 0 aliphatic heterocycles. The molecule has 0 heterocycles. The second-order valence-corrected chi connectivity index (χ2v) is 5.74. The number of methoxy groups -OCH3 is 1. The van der Waals surface area contributed by atoms with Crippen LogP contribution in [0, 0.1) is 5.41 Å². The summed E-state index contributed by atoms with van der Waals surface area (Å²) in [5.74, 6) is 0.882. The number of benzene rings is 1. The molecule has 0 aromatic heterocycles. The predicted molar refractivity (Wildman–Crippen MR) is 82.4 cm³/mol. The number of ether oxygens (including phenoxy) is 1. The maximum atomic E-state index is 12.5. The summed E-state index contributed by atoms with van der Waals surface area (Å²) in [5.41, 5.74) is 6.07. The number of halogens is 1. The number of hydrogen-bond donors (Lipinski definition) is 2. The molecule has 1 aromatic rings. The van der Waals surface area contributed by atoms with Gasteiger partial charge >= 0.3 is 0 Å². The van der Waals surface area contributed by atoms with Gasteiger partial charge in [-0.15, -0.1) is 12.4 Å². The average molecular weight is 299 g/mol. The molecule has 0 spiro atoms. The molecule has 4 nitrogen and oxygen atoms in total. The maximum absolute atomic E-state index is 12.5. The Morgan fingerprint density at radius 3 is 2.30 bits per heavy atom. The zero-order valence-corrected chi connectivity index (χ0v) is 13.0. The lowest BCUT2D eigenvalue weighted by molar-refractivity contribution is -0.124. The first kappa shape index (κ1) is 16.8. The largest absolute Gasteiger partial charge is 0.497 e. The number of carbonyl (C=O) groups excluding carboxylic acids is 1. The van der Waals surface area contributed by atoms with E-state index in [0.29, 0.717) is 13.1 Å². The van der Waals surface area contributed by atoms with E-state index < -0.39 is 5.41 Å². The van der Waals surface area contributed by atoms with E-state index in [4.69, 9.17) is 10.5 Å². The van der Waals surface area contributed by atoms with E-state index in [1.165, 1.54) is 0 Å². The zero-order valence-electron chi connectivity index (χ0n) is 12.2. The highest BCUT2D eigenvalue weighted by molar-refractivity contribution is 5.93. The van der Waals surface area contributed by atoms with Crippen LogP contribution in [0.4, 0.5) is 0 Å². The topological polar surface area (TPSA) is 64.3 Å². The Morgan fingerprint density at radius 1 is 1.35 bits per heavy atom. The molecule has 1 aliphatic carbocycles. The van der Waals surface area contributed by atoms with Gasteiger partial charge in [-0.2, -0.15) is 0 Å². The summed E-state index contributed by atoms with van der Waals surface area (Å²) in [7, 11) is 1.64. The van der Waals surface area contributed by atoms with Gasteiger partial charge in [0.25, 0.3) is 0 Å². The number of rotatable bonds is 5. The molecule has 1 aliphatic rings. The van der Waals surface area contributed by atoms with E-state index in [1.54, 1.807) is 7.11 Å². The molecule has 3 N–H and O–H groups in total. The Hall–Kier alpha value is -1.26. The number of nitrogens with one attached hydrogen (secondary N) is 1. The number of nitrogens with two attached hydrogens (primary N) is 1. The molecule has 1 saturated carbocycles. The molecular formula is C15H23ClN2O2. The minimum atomic E-state index is -0.422. The lowest BCUT2D eigenvalue weighted by Crippen LogP contribution is -2.40. The van der Waals surface area contributed by atoms with Crippen LogP contribution in [0.2, 0.25) is 0 Å². The Morgan fingerprint density at radius 2 is 1.90 bits per heavy atom. The van der Waals surface area contributed by atoms with Gasteiger partial charge in [0.1, 0.15) is 5.75 Å². The monoisotopic (exact) mass is 298 g/mol. The van der Waals surface area contributed by atoms with Gasteiger partial charge in [0.2, 0.25) is 5.91 Å². The van der Waals surface area contributed by atoms with Crippen LogP contribution in [0.3, 0.4) is 0 Å². The van der Waals surface area contributed by atoms with E-state index in [1.807, 2.05) is 24.3 Å². The first-order valence-corrected chi connectivity index (χ1v) is 6.61. The van der Waals surface area contributed by atoms with Crippen LogP contribution in [0.15, 0.2) is 24.3 Å². The Bertz CT molecular complexity index is 473. The highest BCUT2D eigenvalue weighted by Gasteiger charge is 2.66. The third-order valence-electron chi connectivity index (χ3n) is 4.14. The second kappa shape index (κ2) is 6.02. The van der Waals surface area contributed by atoms with Crippen molar-refractivity contribution >= 4 is 18.3 Å². The van der Waals surface area contributed by atoms with Gasteiger partial charge < -0.3 is 15.8 Å². The van der Waals surface area contributed by atoms with Gasteiger partial charge in [-0.25, -0.2) is 0 Å². The van der Waals surface area contributed by atoms with Crippen molar-refractivity contribution in [2.75, 3.05) is 20.2 Å². The minimum Gasteiger partial charge on any atom is -0.497 e. The fourth-order valence-electron chi connectivity index (χ4n) is 2.84. The summed E-state index contributed by atoms with van der Waals surface area (Å²) < 4.78 is 5.16. The van der Waals surface area contributed by atoms with Crippen LogP contribution in [-0.2, 0) is 10.2 Å². The Balaban J connectivity index is 0.00000200. The summed E-state index contributed by atoms with van der Waals surface area (Å²) in [6.45, 7) is 5.23. The summed E-state index contributed by atoms with van der Waals surface area (Å²) in [6, 6.07) is 7.77. The molecule has 1 fully saturated rings. The van der Waals surface area contributed by atoms with E-state index in [0.717, 1.165) is 17.7 Å². The summed E-state index contributed by atoms with van der Waals surface area (Å²) in [5, 5.41) is 2.92. The van der Waals surface area contributed by atoms with E-state index >= 15 is 0 Å². The van der Waals surface area contributed by atoms with Gasteiger partial charge in [-0.3, -0.25) is 4.79 Å². The average Bonchev–Trinajstić information content (AvgIpc) is 3.00. The van der Waals surface area contributed by atoms with Crippen molar-refractivity contribution in [1.29, 1.82) is 0 Å². The SMILES string of the molecule is COc1ccc(C2(C(=O)NCCN)CC2(C)C)cc1.Cl. The molecule has 1 aromatic carbocycles. The van der Waals surface area contributed by atoms with Crippen molar-refractivity contribution < 1.29 is 9.53 Å². The van der Waals surface area contributed by atoms with Crippen LogP contribution < -0.4 is 15.8 Å². The van der Waals surface area contributed by atoms with Crippen molar-refractivity contribution in [3.63, 3.8) is 0 Å². The van der Waals surface area contributed by atoms with Gasteiger partial charge in [-0.1, -0.05) is 26.0 Å². The van der Waals surface area contributed by atoms with E-state index in [9.17, 15) is 4.79 Å². The van der Waals surface area contributed by atoms with Crippen LogP contribution in [0.25, 0.3) is 0 Å². The smallest absolute Gasteiger partial charge is 0.231 e. The van der Waals surface area contributed by atoms with Crippen LogP contribution in [0.1, 0.15) is 25.8 Å². The third-order valence-corrected chi connectivity index (χ3v) is 4.14. The second-order valence-electron chi connectivity index (χ2n) is 5.74. The standard InChI is InChI=1S/C15H22N2O2.ClH/c1-14(2)10-15(14,13(18)17-9-8-16)11-4-6-12(19-3)7-5-11;/h4-7H,8-10,16H2,1-3H3,(H,17,18);1H. The molecular weight excluding hydrogens is 276 g/mol. The molecule has 112 valence electrons. The van der Waals surface area contributed by atoms with Gasteiger partial charge in [-0.05, 0) is 29.5 Å². The Labute approximate surface area is 126 Å². The molecule has 0 saturated heterocycles. The molecule has 5 heteroatoms. The summed E-state index contributed by atoms with van der Waals surface area (Å²) in [6.07, 6.45) is 0.864.